The molecule has 1 aromatic heterocycles. The topological polar surface area (TPSA) is 85.8 Å². The second kappa shape index (κ2) is 16.4. The Bertz CT molecular complexity index is 2970. The van der Waals surface area contributed by atoms with Crippen molar-refractivity contribution < 1.29 is 18.4 Å². The second-order valence-electron chi connectivity index (χ2n) is 25.4. The first-order valence-electron chi connectivity index (χ1n) is 26.0. The lowest BCUT2D eigenvalue weighted by molar-refractivity contribution is -0.140. The Morgan fingerprint density at radius 3 is 2.11 bits per heavy atom. The van der Waals surface area contributed by atoms with E-state index >= 15 is 4.79 Å². The molecule has 3 aromatic carbocycles. The normalized spacial score (nSPS) is 31.6. The Labute approximate surface area is 420 Å². The minimum absolute atomic E-state index is 0.0134. The minimum atomic E-state index is -2.12. The second-order valence-corrected chi connectivity index (χ2v) is 34.4. The molecule has 4 aromatic rings. The third kappa shape index (κ3) is 7.48. The van der Waals surface area contributed by atoms with Gasteiger partial charge in [0.25, 0.3) is 0 Å². The Balaban J connectivity index is 1.13. The van der Waals surface area contributed by atoms with E-state index in [2.05, 4.69) is 136 Å². The molecule has 10 rings (SSSR count). The molecule has 4 aliphatic carbocycles. The SMILES string of the molecule is C=C(C)[C@H]1C(=O)c2c3c(cc4c5c(n1c24)[C@@]1(C)C(CC[C@H]2[C@](C)(/C=C/C=C(\C#N)N=C(c4ccccc4)c4ccccc4)[C@@H](O[Si](C)(C)C)CC[C@@]21C)C5)C1=CC(C)(C)OC(C)(C)C1[C@@H]3O[Si](C)(C)C. The largest absolute Gasteiger partial charge is 0.414 e. The molecule has 3 heterocycles. The van der Waals surface area contributed by atoms with Gasteiger partial charge in [-0.25, -0.2) is 4.99 Å². The number of fused-ring (bicyclic) bond motifs is 11. The third-order valence-corrected chi connectivity index (χ3v) is 19.6. The predicted molar refractivity (Wildman–Crippen MR) is 290 cm³/mol. The first-order valence-corrected chi connectivity index (χ1v) is 32.8. The lowest BCUT2D eigenvalue weighted by atomic mass is 9.40. The van der Waals surface area contributed by atoms with Gasteiger partial charge in [-0.05, 0) is 158 Å². The summed E-state index contributed by atoms with van der Waals surface area (Å²) in [4.78, 5) is 20.7. The number of aliphatic imine (C=N–C) groups is 1. The summed E-state index contributed by atoms with van der Waals surface area (Å²) in [5.74, 6) is 0.789. The van der Waals surface area contributed by atoms with Gasteiger partial charge in [0.05, 0.1) is 40.2 Å². The molecule has 2 fully saturated rings. The van der Waals surface area contributed by atoms with Gasteiger partial charge in [-0.1, -0.05) is 106 Å². The molecule has 6 aliphatic rings. The van der Waals surface area contributed by atoms with Crippen molar-refractivity contribution in [2.45, 2.75) is 162 Å². The fourth-order valence-corrected chi connectivity index (χ4v) is 17.5. The molecule has 0 spiro atoms. The van der Waals surface area contributed by atoms with E-state index in [1.54, 1.807) is 0 Å². The number of carbonyl (C=O) groups excluding carboxylic acids is 1. The minimum Gasteiger partial charge on any atom is -0.414 e. The molecule has 7 nitrogen and oxygen atoms in total. The van der Waals surface area contributed by atoms with Crippen molar-refractivity contribution in [1.82, 2.24) is 4.57 Å². The number of carbonyl (C=O) groups is 1. The van der Waals surface area contributed by atoms with Gasteiger partial charge in [0.2, 0.25) is 0 Å². The van der Waals surface area contributed by atoms with E-state index in [9.17, 15) is 5.26 Å². The number of Topliss-reactive ketones (excluding diaryl/α,β-unsaturated/α-hetero) is 1. The van der Waals surface area contributed by atoms with Crippen LogP contribution in [-0.4, -0.2) is 50.0 Å². The molecule has 9 heteroatoms. The van der Waals surface area contributed by atoms with Crippen LogP contribution in [0, 0.1) is 39.9 Å². The molecule has 70 heavy (non-hydrogen) atoms. The van der Waals surface area contributed by atoms with E-state index in [4.69, 9.17) is 18.6 Å². The Morgan fingerprint density at radius 1 is 0.900 bits per heavy atom. The van der Waals surface area contributed by atoms with Crippen molar-refractivity contribution in [3.05, 3.63) is 148 Å². The molecule has 0 radical (unpaired) electrons. The molecular formula is C61H75N3O4Si2. The maximum Gasteiger partial charge on any atom is 0.192 e. The molecule has 2 aliphatic heterocycles. The van der Waals surface area contributed by atoms with Crippen LogP contribution in [0.2, 0.25) is 39.3 Å². The van der Waals surface area contributed by atoms with Crippen molar-refractivity contribution >= 4 is 44.6 Å². The zero-order valence-corrected chi connectivity index (χ0v) is 46.3. The fourth-order valence-electron chi connectivity index (χ4n) is 15.2. The van der Waals surface area contributed by atoms with Crippen LogP contribution >= 0.6 is 0 Å². The number of nitrogens with zero attached hydrogens (tertiary/aromatic N) is 3. The van der Waals surface area contributed by atoms with E-state index in [1.165, 1.54) is 27.8 Å². The van der Waals surface area contributed by atoms with Gasteiger partial charge in [0, 0.05) is 44.5 Å². The smallest absolute Gasteiger partial charge is 0.192 e. The molecule has 9 atom stereocenters. The van der Waals surface area contributed by atoms with E-state index < -0.39 is 33.9 Å². The monoisotopic (exact) mass is 970 g/mol. The van der Waals surface area contributed by atoms with E-state index in [1.807, 2.05) is 66.7 Å². The van der Waals surface area contributed by atoms with Gasteiger partial charge < -0.3 is 18.2 Å². The Morgan fingerprint density at radius 2 is 1.53 bits per heavy atom. The summed E-state index contributed by atoms with van der Waals surface area (Å²) in [7, 11) is -4.12. The van der Waals surface area contributed by atoms with Crippen molar-refractivity contribution in [3.63, 3.8) is 0 Å². The number of nitriles is 1. The number of ether oxygens (including phenoxy) is 1. The summed E-state index contributed by atoms with van der Waals surface area (Å²) >= 11 is 0. The quantitative estimate of drug-likeness (QED) is 0.0520. The van der Waals surface area contributed by atoms with Gasteiger partial charge in [0.1, 0.15) is 17.8 Å². The van der Waals surface area contributed by atoms with Crippen molar-refractivity contribution in [3.8, 4) is 6.07 Å². The van der Waals surface area contributed by atoms with E-state index in [0.717, 1.165) is 71.2 Å². The Kier molecular flexibility index (Phi) is 11.5. The maximum absolute atomic E-state index is 15.6. The maximum atomic E-state index is 15.6. The number of aromatic nitrogens is 1. The number of rotatable bonds is 10. The highest BCUT2D eigenvalue weighted by molar-refractivity contribution is 6.70. The van der Waals surface area contributed by atoms with Gasteiger partial charge in [-0.3, -0.25) is 4.79 Å². The summed E-state index contributed by atoms with van der Waals surface area (Å²) in [5.41, 5.74) is 10.4. The molecule has 0 bridgehead atoms. The van der Waals surface area contributed by atoms with Crippen molar-refractivity contribution in [2.24, 2.45) is 33.6 Å². The number of hydrogen-bond acceptors (Lipinski definition) is 6. The van der Waals surface area contributed by atoms with Crippen LogP contribution in [0.15, 0.2) is 114 Å². The van der Waals surface area contributed by atoms with Crippen molar-refractivity contribution in [2.75, 3.05) is 0 Å². The summed E-state index contributed by atoms with van der Waals surface area (Å²) in [5, 5.41) is 11.9. The molecule has 0 N–H and O–H groups in total. The average molecular weight is 970 g/mol. The van der Waals surface area contributed by atoms with Gasteiger partial charge >= 0.3 is 0 Å². The number of hydrogen-bond donors (Lipinski definition) is 0. The van der Waals surface area contributed by atoms with Crippen LogP contribution in [0.5, 0.6) is 0 Å². The number of benzene rings is 3. The standard InChI is InChI=1S/C61H75N3O4Si2/c1-37(2)52-54(65)49-48-42(45-35-57(3,4)68-58(5,6)50(45)55(48)67-70(13,14)15)34-43-44-33-40-28-29-46-59(7,47(66-69(10,11)12)30-32-60(46,8)61(40,9)56(44)64(52)53(43)49)31-22-27-41(36-62)63-51(38-23-18-16-19-24-38)39-25-20-17-21-26-39/h16-27,31,34-35,40,46-47,50,52,55H,1,28-30,32-33H2,2-15H3/b31-22+,41-27+/t40?,46-,47-,50?,52-,55+,59-,60-,61+/m0/s1. The summed E-state index contributed by atoms with van der Waals surface area (Å²) in [6, 6.07) is 24.7. The van der Waals surface area contributed by atoms with Gasteiger partial charge in [-0.2, -0.15) is 5.26 Å². The molecule has 0 saturated heterocycles. The average Bonchev–Trinajstić information content (AvgIpc) is 3.95. The summed E-state index contributed by atoms with van der Waals surface area (Å²) in [6.45, 7) is 36.7. The summed E-state index contributed by atoms with van der Waals surface area (Å²) in [6.07, 6.45) is 13.5. The zero-order chi connectivity index (χ0) is 50.3. The van der Waals surface area contributed by atoms with Crippen LogP contribution < -0.4 is 0 Å². The van der Waals surface area contributed by atoms with Crippen molar-refractivity contribution in [1.29, 1.82) is 5.26 Å². The van der Waals surface area contributed by atoms with E-state index in [-0.39, 0.29) is 46.1 Å². The molecule has 2 unspecified atom stereocenters. The molecule has 0 amide bonds. The highest BCUT2D eigenvalue weighted by Gasteiger charge is 2.68. The third-order valence-electron chi connectivity index (χ3n) is 17.7. The molecular weight excluding hydrogens is 895 g/mol. The summed E-state index contributed by atoms with van der Waals surface area (Å²) < 4.78 is 24.0. The van der Waals surface area contributed by atoms with Crippen LogP contribution in [-0.2, 0) is 25.4 Å². The lowest BCUT2D eigenvalue weighted by Gasteiger charge is -2.65. The first-order chi connectivity index (χ1) is 32.7. The Hall–Kier alpha value is -4.70. The van der Waals surface area contributed by atoms with Crippen LogP contribution in [0.1, 0.15) is 137 Å². The van der Waals surface area contributed by atoms with E-state index in [0.29, 0.717) is 11.6 Å². The zero-order valence-electron chi connectivity index (χ0n) is 44.3. The van der Waals surface area contributed by atoms with Gasteiger partial charge in [-0.15, -0.1) is 0 Å². The lowest BCUT2D eigenvalue weighted by Crippen LogP contribution is -2.63. The predicted octanol–water partition coefficient (Wildman–Crippen LogP) is 14.8. The molecule has 366 valence electrons. The fraction of sp³-hybridized carbons (Fsp3) is 0.492. The van der Waals surface area contributed by atoms with Crippen LogP contribution in [0.3, 0.4) is 0 Å². The number of allylic oxidation sites excluding steroid dienone is 4. The van der Waals surface area contributed by atoms with Crippen LogP contribution in [0.4, 0.5) is 0 Å². The molecule has 2 saturated carbocycles. The highest BCUT2D eigenvalue weighted by Crippen LogP contribution is 2.72. The van der Waals surface area contributed by atoms with Crippen LogP contribution in [0.25, 0.3) is 16.5 Å². The first kappa shape index (κ1) is 48.9. The highest BCUT2D eigenvalue weighted by atomic mass is 28.4. The van der Waals surface area contributed by atoms with Gasteiger partial charge in [0.15, 0.2) is 22.4 Å². The number of ketones is 1.